The number of nitrogens with one attached hydrogen (secondary N) is 4. The van der Waals surface area contributed by atoms with Crippen LogP contribution in [0.4, 0.5) is 29.0 Å². The summed E-state index contributed by atoms with van der Waals surface area (Å²) in [6.07, 6.45) is 4.56. The van der Waals surface area contributed by atoms with E-state index in [1.54, 1.807) is 12.3 Å². The predicted octanol–water partition coefficient (Wildman–Crippen LogP) is 3.91. The Bertz CT molecular complexity index is 948. The van der Waals surface area contributed by atoms with Crippen LogP contribution in [0.1, 0.15) is 37.8 Å². The van der Waals surface area contributed by atoms with Crippen LogP contribution >= 0.6 is 0 Å². The van der Waals surface area contributed by atoms with Crippen molar-refractivity contribution in [1.29, 1.82) is 0 Å². The molecule has 0 unspecified atom stereocenters. The standard InChI is InChI=1S/C19H21N7O/c1-2-18(27)21-13-4-3-5-14(10-13)22-19-20-9-8-16(24-19)23-17-11-15(25-26-17)12-6-7-12/h3-5,8-12H,2,6-7H2,1H3,(H,21,27)(H3,20,22,23,24,25,26). The van der Waals surface area contributed by atoms with Crippen molar-refractivity contribution in [2.24, 2.45) is 0 Å². The highest BCUT2D eigenvalue weighted by molar-refractivity contribution is 5.91. The molecule has 1 aliphatic rings. The van der Waals surface area contributed by atoms with E-state index >= 15 is 0 Å². The Kier molecular flexibility index (Phi) is 4.69. The van der Waals surface area contributed by atoms with Crippen molar-refractivity contribution in [2.75, 3.05) is 16.0 Å². The lowest BCUT2D eigenvalue weighted by atomic mass is 10.2. The van der Waals surface area contributed by atoms with Gasteiger partial charge in [0, 0.05) is 41.7 Å². The topological polar surface area (TPSA) is 108 Å². The van der Waals surface area contributed by atoms with Gasteiger partial charge in [0.1, 0.15) is 5.82 Å². The van der Waals surface area contributed by atoms with Gasteiger partial charge < -0.3 is 16.0 Å². The molecule has 2 heterocycles. The number of carbonyl (C=O) groups is 1. The highest BCUT2D eigenvalue weighted by Crippen LogP contribution is 2.39. The maximum Gasteiger partial charge on any atom is 0.229 e. The van der Waals surface area contributed by atoms with Crippen LogP contribution in [0, 0.1) is 0 Å². The molecule has 1 fully saturated rings. The quantitative estimate of drug-likeness (QED) is 0.507. The number of benzene rings is 1. The van der Waals surface area contributed by atoms with Crippen molar-refractivity contribution in [3.05, 3.63) is 48.3 Å². The fourth-order valence-corrected chi connectivity index (χ4v) is 2.68. The first-order chi connectivity index (χ1) is 13.2. The molecule has 0 aliphatic heterocycles. The number of nitrogens with zero attached hydrogens (tertiary/aromatic N) is 3. The van der Waals surface area contributed by atoms with Crippen molar-refractivity contribution in [3.8, 4) is 0 Å². The monoisotopic (exact) mass is 363 g/mol. The van der Waals surface area contributed by atoms with Gasteiger partial charge in [0.2, 0.25) is 11.9 Å². The summed E-state index contributed by atoms with van der Waals surface area (Å²) in [5.41, 5.74) is 2.68. The highest BCUT2D eigenvalue weighted by Gasteiger charge is 2.25. The molecule has 138 valence electrons. The van der Waals surface area contributed by atoms with Gasteiger partial charge in [-0.15, -0.1) is 0 Å². The first kappa shape index (κ1) is 17.0. The summed E-state index contributed by atoms with van der Waals surface area (Å²) in [7, 11) is 0. The van der Waals surface area contributed by atoms with Crippen LogP contribution < -0.4 is 16.0 Å². The Morgan fingerprint density at radius 2 is 2.00 bits per heavy atom. The summed E-state index contributed by atoms with van der Waals surface area (Å²) in [6, 6.07) is 11.2. The number of carbonyl (C=O) groups excluding carboxylic acids is 1. The van der Waals surface area contributed by atoms with Crippen molar-refractivity contribution >= 4 is 34.9 Å². The Morgan fingerprint density at radius 3 is 2.81 bits per heavy atom. The van der Waals surface area contributed by atoms with Gasteiger partial charge >= 0.3 is 0 Å². The minimum absolute atomic E-state index is 0.0285. The third-order valence-electron chi connectivity index (χ3n) is 4.25. The van der Waals surface area contributed by atoms with E-state index in [-0.39, 0.29) is 5.91 Å². The smallest absolute Gasteiger partial charge is 0.229 e. The summed E-state index contributed by atoms with van der Waals surface area (Å²) in [4.78, 5) is 20.3. The van der Waals surface area contributed by atoms with Crippen molar-refractivity contribution in [3.63, 3.8) is 0 Å². The van der Waals surface area contributed by atoms with E-state index in [1.165, 1.54) is 12.8 Å². The Labute approximate surface area is 156 Å². The van der Waals surface area contributed by atoms with Gasteiger partial charge in [0.25, 0.3) is 0 Å². The Balaban J connectivity index is 1.44. The fraction of sp³-hybridized carbons (Fsp3) is 0.263. The normalized spacial score (nSPS) is 13.2. The van der Waals surface area contributed by atoms with Crippen LogP contribution in [0.2, 0.25) is 0 Å². The molecule has 4 N–H and O–H groups in total. The molecule has 0 bridgehead atoms. The first-order valence-corrected chi connectivity index (χ1v) is 9.02. The second-order valence-electron chi connectivity index (χ2n) is 6.48. The SMILES string of the molecule is CCC(=O)Nc1cccc(Nc2nccc(Nc3cc(C4CC4)[nH]n3)n2)c1. The molecule has 1 aliphatic carbocycles. The lowest BCUT2D eigenvalue weighted by Crippen LogP contribution is -2.09. The number of hydrogen-bond donors (Lipinski definition) is 4. The molecule has 27 heavy (non-hydrogen) atoms. The van der Waals surface area contributed by atoms with E-state index in [2.05, 4.69) is 36.1 Å². The van der Waals surface area contributed by atoms with Gasteiger partial charge in [0.05, 0.1) is 0 Å². The summed E-state index contributed by atoms with van der Waals surface area (Å²) < 4.78 is 0. The highest BCUT2D eigenvalue weighted by atomic mass is 16.1. The summed E-state index contributed by atoms with van der Waals surface area (Å²) >= 11 is 0. The van der Waals surface area contributed by atoms with Gasteiger partial charge in [-0.05, 0) is 37.1 Å². The minimum Gasteiger partial charge on any atom is -0.326 e. The van der Waals surface area contributed by atoms with Gasteiger partial charge in [-0.2, -0.15) is 10.1 Å². The van der Waals surface area contributed by atoms with Crippen LogP contribution in [0.15, 0.2) is 42.6 Å². The second-order valence-corrected chi connectivity index (χ2v) is 6.48. The third kappa shape index (κ3) is 4.41. The van der Waals surface area contributed by atoms with Crippen LogP contribution in [0.5, 0.6) is 0 Å². The van der Waals surface area contributed by atoms with Crippen molar-refractivity contribution < 1.29 is 4.79 Å². The van der Waals surface area contributed by atoms with Crippen LogP contribution in [0.25, 0.3) is 0 Å². The zero-order valence-electron chi connectivity index (χ0n) is 15.0. The van der Waals surface area contributed by atoms with Gasteiger partial charge in [-0.3, -0.25) is 9.89 Å². The molecule has 2 aromatic heterocycles. The van der Waals surface area contributed by atoms with Gasteiger partial charge in [-0.1, -0.05) is 13.0 Å². The largest absolute Gasteiger partial charge is 0.326 e. The molecule has 4 rings (SSSR count). The number of anilines is 5. The summed E-state index contributed by atoms with van der Waals surface area (Å²) in [5.74, 6) is 2.44. The second kappa shape index (κ2) is 7.45. The lowest BCUT2D eigenvalue weighted by Gasteiger charge is -2.09. The van der Waals surface area contributed by atoms with Gasteiger partial charge in [0.15, 0.2) is 5.82 Å². The Morgan fingerprint density at radius 1 is 1.15 bits per heavy atom. The number of amides is 1. The van der Waals surface area contributed by atoms with Crippen molar-refractivity contribution in [2.45, 2.75) is 32.1 Å². The van der Waals surface area contributed by atoms with E-state index in [9.17, 15) is 4.79 Å². The molecule has 3 aromatic rings. The van der Waals surface area contributed by atoms with E-state index in [1.807, 2.05) is 37.3 Å². The van der Waals surface area contributed by atoms with E-state index in [0.29, 0.717) is 24.1 Å². The minimum atomic E-state index is -0.0285. The van der Waals surface area contributed by atoms with E-state index in [4.69, 9.17) is 0 Å². The average Bonchev–Trinajstić information content (AvgIpc) is 3.42. The fourth-order valence-electron chi connectivity index (χ4n) is 2.68. The zero-order chi connectivity index (χ0) is 18.6. The molecule has 0 spiro atoms. The molecule has 0 radical (unpaired) electrons. The molecule has 1 aromatic carbocycles. The molecular weight excluding hydrogens is 342 g/mol. The molecule has 8 nitrogen and oxygen atoms in total. The van der Waals surface area contributed by atoms with E-state index < -0.39 is 0 Å². The van der Waals surface area contributed by atoms with Crippen LogP contribution in [-0.4, -0.2) is 26.1 Å². The number of aromatic amines is 1. The predicted molar refractivity (Wildman–Crippen MR) is 105 cm³/mol. The summed E-state index contributed by atoms with van der Waals surface area (Å²) in [6.45, 7) is 1.82. The van der Waals surface area contributed by atoms with Crippen molar-refractivity contribution in [1.82, 2.24) is 20.2 Å². The maximum absolute atomic E-state index is 11.5. The first-order valence-electron chi connectivity index (χ1n) is 9.02. The third-order valence-corrected chi connectivity index (χ3v) is 4.25. The summed E-state index contributed by atoms with van der Waals surface area (Å²) in [5, 5.41) is 16.5. The zero-order valence-corrected chi connectivity index (χ0v) is 15.0. The number of rotatable bonds is 7. The molecular formula is C19H21N7O. The van der Waals surface area contributed by atoms with Crippen LogP contribution in [0.3, 0.4) is 0 Å². The molecule has 1 amide bonds. The molecule has 0 saturated heterocycles. The molecule has 0 atom stereocenters. The molecule has 1 saturated carbocycles. The van der Waals surface area contributed by atoms with Gasteiger partial charge in [-0.25, -0.2) is 4.98 Å². The average molecular weight is 363 g/mol. The number of hydrogen-bond acceptors (Lipinski definition) is 6. The number of aromatic nitrogens is 4. The van der Waals surface area contributed by atoms with Crippen LogP contribution in [-0.2, 0) is 4.79 Å². The van der Waals surface area contributed by atoms with E-state index in [0.717, 1.165) is 22.9 Å². The lowest BCUT2D eigenvalue weighted by molar-refractivity contribution is -0.115. The Hall–Kier alpha value is -3.42. The maximum atomic E-state index is 11.5. The molecule has 8 heteroatoms. The number of H-pyrrole nitrogens is 1.